The first-order chi connectivity index (χ1) is 17.7. The highest BCUT2D eigenvalue weighted by Crippen LogP contribution is 2.41. The maximum absolute atomic E-state index is 14.3. The van der Waals surface area contributed by atoms with Crippen molar-refractivity contribution in [3.05, 3.63) is 119 Å². The van der Waals surface area contributed by atoms with Gasteiger partial charge < -0.3 is 5.11 Å². The van der Waals surface area contributed by atoms with Crippen molar-refractivity contribution in [1.82, 2.24) is 24.4 Å². The number of hydrogen-bond acceptors (Lipinski definition) is 6. The minimum atomic E-state index is -0.289. The van der Waals surface area contributed by atoms with Crippen molar-refractivity contribution in [1.29, 1.82) is 0 Å². The van der Waals surface area contributed by atoms with Gasteiger partial charge in [0.25, 0.3) is 0 Å². The van der Waals surface area contributed by atoms with Gasteiger partial charge in [0, 0.05) is 26.2 Å². The van der Waals surface area contributed by atoms with E-state index in [0.29, 0.717) is 4.96 Å². The summed E-state index contributed by atoms with van der Waals surface area (Å²) >= 11 is 1.40. The summed E-state index contributed by atoms with van der Waals surface area (Å²) in [5.74, 6) is -0.223. The van der Waals surface area contributed by atoms with E-state index in [1.54, 1.807) is 12.1 Å². The SMILES string of the molecule is Oc1c([C@@H](c2cccc(F)c2)N2CCN(C(c3ccccc3)c3ccccc3)CC2)sc2ncnn12. The number of halogens is 1. The molecule has 1 N–H and O–H groups in total. The first-order valence-electron chi connectivity index (χ1n) is 12.0. The standard InChI is InChI=1S/C28H26FN5OS/c29-23-13-7-12-22(18-23)25(26-27(35)34-28(36-26)30-19-31-34)33-16-14-32(15-17-33)24(20-8-3-1-4-9-20)21-10-5-2-6-11-21/h1-13,18-19,24-25,35H,14-17H2/t25-/m1/s1. The molecule has 5 aromatic rings. The van der Waals surface area contributed by atoms with E-state index < -0.39 is 0 Å². The Morgan fingerprint density at radius 2 is 1.33 bits per heavy atom. The summed E-state index contributed by atoms with van der Waals surface area (Å²) in [5.41, 5.74) is 3.34. The summed E-state index contributed by atoms with van der Waals surface area (Å²) < 4.78 is 15.7. The van der Waals surface area contributed by atoms with Crippen LogP contribution in [0.5, 0.6) is 5.88 Å². The van der Waals surface area contributed by atoms with Gasteiger partial charge in [-0.2, -0.15) is 9.61 Å². The molecule has 6 nitrogen and oxygen atoms in total. The van der Waals surface area contributed by atoms with E-state index in [-0.39, 0.29) is 23.8 Å². The van der Waals surface area contributed by atoms with E-state index >= 15 is 0 Å². The molecule has 0 amide bonds. The van der Waals surface area contributed by atoms with Crippen molar-refractivity contribution in [3.63, 3.8) is 0 Å². The zero-order valence-corrected chi connectivity index (χ0v) is 20.4. The number of thiazole rings is 1. The maximum atomic E-state index is 14.3. The van der Waals surface area contributed by atoms with Crippen LogP contribution in [0.3, 0.4) is 0 Å². The molecule has 1 aliphatic rings. The van der Waals surface area contributed by atoms with Crippen LogP contribution in [0.4, 0.5) is 4.39 Å². The smallest absolute Gasteiger partial charge is 0.230 e. The third kappa shape index (κ3) is 4.28. The Morgan fingerprint density at radius 1 is 0.750 bits per heavy atom. The van der Waals surface area contributed by atoms with Gasteiger partial charge in [-0.3, -0.25) is 9.80 Å². The second kappa shape index (κ2) is 9.81. The molecule has 36 heavy (non-hydrogen) atoms. The van der Waals surface area contributed by atoms with Crippen molar-refractivity contribution >= 4 is 16.3 Å². The molecule has 8 heteroatoms. The third-order valence-corrected chi connectivity index (χ3v) is 7.95. The van der Waals surface area contributed by atoms with Crippen molar-refractivity contribution < 1.29 is 9.50 Å². The molecule has 3 heterocycles. The first-order valence-corrected chi connectivity index (χ1v) is 12.9. The molecule has 182 valence electrons. The van der Waals surface area contributed by atoms with E-state index in [1.807, 2.05) is 18.2 Å². The van der Waals surface area contributed by atoms with Crippen LogP contribution in [0.1, 0.15) is 33.7 Å². The number of aromatic hydroxyl groups is 1. The van der Waals surface area contributed by atoms with Crippen LogP contribution in [0.15, 0.2) is 91.3 Å². The number of hydrogen-bond donors (Lipinski definition) is 1. The second-order valence-electron chi connectivity index (χ2n) is 9.00. The molecule has 6 rings (SSSR count). The van der Waals surface area contributed by atoms with Gasteiger partial charge in [0.2, 0.25) is 10.8 Å². The normalized spacial score (nSPS) is 16.1. The average molecular weight is 500 g/mol. The van der Waals surface area contributed by atoms with Gasteiger partial charge in [-0.25, -0.2) is 9.37 Å². The van der Waals surface area contributed by atoms with E-state index in [1.165, 1.54) is 39.4 Å². The fourth-order valence-corrected chi connectivity index (χ4v) is 6.31. The molecule has 0 saturated carbocycles. The van der Waals surface area contributed by atoms with Crippen LogP contribution in [-0.2, 0) is 0 Å². The first kappa shape index (κ1) is 22.8. The Kier molecular flexibility index (Phi) is 6.23. The monoisotopic (exact) mass is 499 g/mol. The van der Waals surface area contributed by atoms with E-state index in [9.17, 15) is 9.50 Å². The molecular weight excluding hydrogens is 473 g/mol. The highest BCUT2D eigenvalue weighted by molar-refractivity contribution is 7.17. The third-order valence-electron chi connectivity index (χ3n) is 6.86. The molecule has 1 atom stereocenters. The number of nitrogens with zero attached hydrogens (tertiary/aromatic N) is 5. The van der Waals surface area contributed by atoms with Gasteiger partial charge >= 0.3 is 0 Å². The van der Waals surface area contributed by atoms with Crippen LogP contribution in [0, 0.1) is 5.82 Å². The highest BCUT2D eigenvalue weighted by Gasteiger charge is 2.34. The fourth-order valence-electron chi connectivity index (χ4n) is 5.22. The van der Waals surface area contributed by atoms with E-state index in [4.69, 9.17) is 0 Å². The lowest BCUT2D eigenvalue weighted by molar-refractivity contribution is 0.0898. The lowest BCUT2D eigenvalue weighted by Crippen LogP contribution is -2.49. The van der Waals surface area contributed by atoms with E-state index in [0.717, 1.165) is 36.6 Å². The quantitative estimate of drug-likeness (QED) is 0.351. The summed E-state index contributed by atoms with van der Waals surface area (Å²) in [6, 6.07) is 27.7. The number of benzene rings is 3. The van der Waals surface area contributed by atoms with Crippen LogP contribution in [-0.4, -0.2) is 55.7 Å². The number of aromatic nitrogens is 3. The number of piperazine rings is 1. The second-order valence-corrected chi connectivity index (χ2v) is 10.0. The summed E-state index contributed by atoms with van der Waals surface area (Å²) in [6.45, 7) is 3.21. The van der Waals surface area contributed by atoms with Crippen molar-refractivity contribution in [2.45, 2.75) is 12.1 Å². The Morgan fingerprint density at radius 3 is 1.92 bits per heavy atom. The predicted molar refractivity (Wildman–Crippen MR) is 139 cm³/mol. The topological polar surface area (TPSA) is 56.9 Å². The van der Waals surface area contributed by atoms with Crippen LogP contribution >= 0.6 is 11.3 Å². The lowest BCUT2D eigenvalue weighted by Gasteiger charge is -2.42. The summed E-state index contributed by atoms with van der Waals surface area (Å²) in [5, 5.41) is 15.1. The summed E-state index contributed by atoms with van der Waals surface area (Å²) in [6.07, 6.45) is 1.43. The van der Waals surface area contributed by atoms with Crippen molar-refractivity contribution in [3.8, 4) is 5.88 Å². The molecule has 1 aliphatic heterocycles. The highest BCUT2D eigenvalue weighted by atomic mass is 32.1. The molecule has 2 aromatic heterocycles. The zero-order chi connectivity index (χ0) is 24.5. The zero-order valence-electron chi connectivity index (χ0n) is 19.6. The number of fused-ring (bicyclic) bond motifs is 1. The molecule has 1 saturated heterocycles. The minimum absolute atomic E-state index is 0.0654. The van der Waals surface area contributed by atoms with E-state index in [2.05, 4.69) is 68.4 Å². The molecular formula is C28H26FN5OS. The van der Waals surface area contributed by atoms with Crippen LogP contribution < -0.4 is 0 Å². The minimum Gasteiger partial charge on any atom is -0.492 e. The fraction of sp³-hybridized carbons (Fsp3) is 0.214. The Hall–Kier alpha value is -3.59. The molecule has 0 unspecified atom stereocenters. The molecule has 0 spiro atoms. The van der Waals surface area contributed by atoms with Gasteiger partial charge in [0.1, 0.15) is 12.1 Å². The molecule has 0 aliphatic carbocycles. The van der Waals surface area contributed by atoms with Crippen molar-refractivity contribution in [2.75, 3.05) is 26.2 Å². The molecule has 3 aromatic carbocycles. The Bertz CT molecular complexity index is 1410. The Balaban J connectivity index is 1.32. The Labute approximate surface area is 212 Å². The van der Waals surface area contributed by atoms with Crippen LogP contribution in [0.2, 0.25) is 0 Å². The lowest BCUT2D eigenvalue weighted by atomic mass is 9.96. The van der Waals surface area contributed by atoms with Gasteiger partial charge in [-0.15, -0.1) is 0 Å². The van der Waals surface area contributed by atoms with Gasteiger partial charge in [0.15, 0.2) is 0 Å². The van der Waals surface area contributed by atoms with Crippen molar-refractivity contribution in [2.24, 2.45) is 0 Å². The van der Waals surface area contributed by atoms with Gasteiger partial charge in [-0.05, 0) is 28.8 Å². The largest absolute Gasteiger partial charge is 0.492 e. The van der Waals surface area contributed by atoms with Crippen LogP contribution in [0.25, 0.3) is 4.96 Å². The maximum Gasteiger partial charge on any atom is 0.230 e. The number of rotatable bonds is 6. The summed E-state index contributed by atoms with van der Waals surface area (Å²) in [4.78, 5) is 10.4. The average Bonchev–Trinajstić information content (AvgIpc) is 3.50. The summed E-state index contributed by atoms with van der Waals surface area (Å²) in [7, 11) is 0. The van der Waals surface area contributed by atoms with Gasteiger partial charge in [0.05, 0.1) is 17.0 Å². The molecule has 0 radical (unpaired) electrons. The van der Waals surface area contributed by atoms with Gasteiger partial charge in [-0.1, -0.05) is 84.1 Å². The molecule has 0 bridgehead atoms. The predicted octanol–water partition coefficient (Wildman–Crippen LogP) is 5.13. The molecule has 1 fully saturated rings.